The predicted molar refractivity (Wildman–Crippen MR) is 107 cm³/mol. The third-order valence-electron chi connectivity index (χ3n) is 5.25. The third-order valence-corrected chi connectivity index (χ3v) is 6.19. The van der Waals surface area contributed by atoms with Gasteiger partial charge in [0.2, 0.25) is 5.91 Å². The Kier molecular flexibility index (Phi) is 6.33. The van der Waals surface area contributed by atoms with Crippen molar-refractivity contribution < 1.29 is 9.59 Å². The van der Waals surface area contributed by atoms with Crippen LogP contribution in [-0.4, -0.2) is 71.8 Å². The first-order chi connectivity index (χ1) is 12.1. The van der Waals surface area contributed by atoms with Crippen molar-refractivity contribution in [1.82, 2.24) is 14.7 Å². The van der Waals surface area contributed by atoms with Gasteiger partial charge in [-0.2, -0.15) is 0 Å². The molecule has 1 atom stereocenters. The number of amides is 2. The Morgan fingerprint density at radius 2 is 1.80 bits per heavy atom. The van der Waals surface area contributed by atoms with E-state index in [2.05, 4.69) is 34.4 Å². The number of carbonyl (C=O) groups is 2. The number of hydrogen-bond donors (Lipinski definition) is 0. The van der Waals surface area contributed by atoms with Crippen LogP contribution in [0.25, 0.3) is 0 Å². The molecule has 25 heavy (non-hydrogen) atoms. The van der Waals surface area contributed by atoms with Crippen molar-refractivity contribution >= 4 is 34.4 Å². The Balaban J connectivity index is 1.51. The van der Waals surface area contributed by atoms with Gasteiger partial charge in [0.1, 0.15) is 0 Å². The molecule has 0 bridgehead atoms. The zero-order valence-corrected chi connectivity index (χ0v) is 16.9. The fraction of sp³-hybridized carbons (Fsp3) is 0.579. The first kappa shape index (κ1) is 18.6. The summed E-state index contributed by atoms with van der Waals surface area (Å²) < 4.78 is 0.988. The lowest BCUT2D eigenvalue weighted by Crippen LogP contribution is -2.53. The molecule has 2 aliphatic heterocycles. The van der Waals surface area contributed by atoms with Gasteiger partial charge in [0.25, 0.3) is 5.91 Å². The maximum absolute atomic E-state index is 12.7. The molecule has 2 heterocycles. The van der Waals surface area contributed by atoms with Gasteiger partial charge in [-0.1, -0.05) is 12.1 Å². The molecule has 3 rings (SSSR count). The molecule has 5 nitrogen and oxygen atoms in total. The summed E-state index contributed by atoms with van der Waals surface area (Å²) in [5.41, 5.74) is 0.773. The second kappa shape index (κ2) is 8.49. The van der Waals surface area contributed by atoms with Gasteiger partial charge in [-0.05, 0) is 60.9 Å². The van der Waals surface area contributed by atoms with Crippen LogP contribution in [0.1, 0.15) is 36.5 Å². The monoisotopic (exact) mass is 455 g/mol. The second-order valence-corrected chi connectivity index (χ2v) is 8.14. The number of nitrogens with zero attached hydrogens (tertiary/aromatic N) is 3. The van der Waals surface area contributed by atoms with E-state index in [9.17, 15) is 9.59 Å². The van der Waals surface area contributed by atoms with Crippen molar-refractivity contribution in [3.05, 3.63) is 33.4 Å². The highest BCUT2D eigenvalue weighted by atomic mass is 127. The molecule has 6 heteroatoms. The van der Waals surface area contributed by atoms with E-state index < -0.39 is 0 Å². The summed E-state index contributed by atoms with van der Waals surface area (Å²) in [6.45, 7) is 6.43. The molecule has 0 aliphatic carbocycles. The Morgan fingerprint density at radius 1 is 1.08 bits per heavy atom. The molecule has 1 aromatic rings. The van der Waals surface area contributed by atoms with E-state index in [1.165, 1.54) is 6.42 Å². The van der Waals surface area contributed by atoms with Gasteiger partial charge in [-0.25, -0.2) is 0 Å². The lowest BCUT2D eigenvalue weighted by atomic mass is 10.0. The molecule has 1 aromatic carbocycles. The van der Waals surface area contributed by atoms with E-state index in [4.69, 9.17) is 0 Å². The van der Waals surface area contributed by atoms with Gasteiger partial charge >= 0.3 is 0 Å². The topological polar surface area (TPSA) is 43.9 Å². The number of piperidine rings is 1. The van der Waals surface area contributed by atoms with Gasteiger partial charge in [-0.3, -0.25) is 14.5 Å². The largest absolute Gasteiger partial charge is 0.339 e. The summed E-state index contributed by atoms with van der Waals surface area (Å²) in [5, 5.41) is 0. The minimum absolute atomic E-state index is 0.0978. The Bertz CT molecular complexity index is 629. The van der Waals surface area contributed by atoms with Crippen molar-refractivity contribution in [1.29, 1.82) is 0 Å². The van der Waals surface area contributed by atoms with Crippen LogP contribution >= 0.6 is 22.6 Å². The highest BCUT2D eigenvalue weighted by Gasteiger charge is 2.28. The van der Waals surface area contributed by atoms with Gasteiger partial charge in [0.15, 0.2) is 0 Å². The fourth-order valence-corrected chi connectivity index (χ4v) is 4.28. The lowest BCUT2D eigenvalue weighted by molar-refractivity contribution is -0.136. The van der Waals surface area contributed by atoms with Gasteiger partial charge < -0.3 is 9.80 Å². The van der Waals surface area contributed by atoms with Crippen molar-refractivity contribution in [3.63, 3.8) is 0 Å². The molecule has 0 aromatic heterocycles. The standard InChI is InChI=1S/C19H26IN3O2/c1-15-6-4-5-9-23(15)18(24)14-21-10-12-22(13-11-21)19(25)16-7-2-3-8-17(16)20/h2-3,7-8,15H,4-6,9-14H2,1H3. The molecule has 136 valence electrons. The second-order valence-electron chi connectivity index (χ2n) is 6.98. The van der Waals surface area contributed by atoms with E-state index in [1.54, 1.807) is 0 Å². The average Bonchev–Trinajstić information content (AvgIpc) is 2.62. The van der Waals surface area contributed by atoms with E-state index >= 15 is 0 Å². The minimum Gasteiger partial charge on any atom is -0.339 e. The van der Waals surface area contributed by atoms with Gasteiger partial charge in [0, 0.05) is 42.3 Å². The van der Waals surface area contributed by atoms with E-state index in [1.807, 2.05) is 34.1 Å². The van der Waals surface area contributed by atoms with Crippen LogP contribution in [0.15, 0.2) is 24.3 Å². The van der Waals surface area contributed by atoms with E-state index in [0.717, 1.165) is 41.6 Å². The third kappa shape index (κ3) is 4.53. The normalized spacial score (nSPS) is 22.1. The highest BCUT2D eigenvalue weighted by molar-refractivity contribution is 14.1. The zero-order valence-electron chi connectivity index (χ0n) is 14.8. The van der Waals surface area contributed by atoms with Gasteiger partial charge in [-0.15, -0.1) is 0 Å². The van der Waals surface area contributed by atoms with Crippen molar-refractivity contribution in [2.24, 2.45) is 0 Å². The Labute approximate surface area is 163 Å². The van der Waals surface area contributed by atoms with Crippen molar-refractivity contribution in [2.75, 3.05) is 39.3 Å². The smallest absolute Gasteiger partial charge is 0.255 e. The summed E-state index contributed by atoms with van der Waals surface area (Å²) in [6, 6.07) is 8.07. The van der Waals surface area contributed by atoms with Crippen LogP contribution in [0.4, 0.5) is 0 Å². The summed E-state index contributed by atoms with van der Waals surface area (Å²) >= 11 is 2.21. The maximum Gasteiger partial charge on any atom is 0.255 e. The fourth-order valence-electron chi connectivity index (χ4n) is 3.66. The number of carbonyl (C=O) groups excluding carboxylic acids is 2. The number of benzene rings is 1. The van der Waals surface area contributed by atoms with Crippen LogP contribution in [0.2, 0.25) is 0 Å². The Morgan fingerprint density at radius 3 is 2.48 bits per heavy atom. The zero-order chi connectivity index (χ0) is 17.8. The number of piperazine rings is 1. The van der Waals surface area contributed by atoms with Crippen LogP contribution in [-0.2, 0) is 4.79 Å². The van der Waals surface area contributed by atoms with Crippen molar-refractivity contribution in [2.45, 2.75) is 32.2 Å². The molecule has 0 radical (unpaired) electrons. The lowest BCUT2D eigenvalue weighted by Gasteiger charge is -2.38. The quantitative estimate of drug-likeness (QED) is 0.658. The van der Waals surface area contributed by atoms with Gasteiger partial charge in [0.05, 0.1) is 12.1 Å². The maximum atomic E-state index is 12.7. The van der Waals surface area contributed by atoms with E-state index in [0.29, 0.717) is 25.7 Å². The molecule has 0 N–H and O–H groups in total. The summed E-state index contributed by atoms with van der Waals surface area (Å²) in [4.78, 5) is 31.4. The highest BCUT2D eigenvalue weighted by Crippen LogP contribution is 2.18. The van der Waals surface area contributed by atoms with Crippen LogP contribution in [0, 0.1) is 3.57 Å². The molecule has 2 aliphatic rings. The number of likely N-dealkylation sites (tertiary alicyclic amines) is 1. The minimum atomic E-state index is 0.0978. The molecular weight excluding hydrogens is 429 g/mol. The molecule has 0 spiro atoms. The molecule has 2 amide bonds. The Hall–Kier alpha value is -1.15. The predicted octanol–water partition coefficient (Wildman–Crippen LogP) is 2.45. The molecule has 2 saturated heterocycles. The first-order valence-corrected chi connectivity index (χ1v) is 10.2. The molecule has 1 unspecified atom stereocenters. The summed E-state index contributed by atoms with van der Waals surface area (Å²) in [6.07, 6.45) is 3.46. The number of hydrogen-bond acceptors (Lipinski definition) is 3. The van der Waals surface area contributed by atoms with E-state index in [-0.39, 0.29) is 11.8 Å². The number of halogens is 1. The van der Waals surface area contributed by atoms with Crippen LogP contribution in [0.3, 0.4) is 0 Å². The molecule has 2 fully saturated rings. The van der Waals surface area contributed by atoms with Crippen LogP contribution in [0.5, 0.6) is 0 Å². The molecular formula is C19H26IN3O2. The summed E-state index contributed by atoms with van der Waals surface area (Å²) in [5.74, 6) is 0.338. The molecule has 0 saturated carbocycles. The van der Waals surface area contributed by atoms with Crippen molar-refractivity contribution in [3.8, 4) is 0 Å². The average molecular weight is 455 g/mol. The first-order valence-electron chi connectivity index (χ1n) is 9.12. The van der Waals surface area contributed by atoms with Crippen LogP contribution < -0.4 is 0 Å². The summed E-state index contributed by atoms with van der Waals surface area (Å²) in [7, 11) is 0. The number of rotatable bonds is 3. The SMILES string of the molecule is CC1CCCCN1C(=O)CN1CCN(C(=O)c2ccccc2I)CC1.